The predicted octanol–water partition coefficient (Wildman–Crippen LogP) is 4.83. The minimum Gasteiger partial charge on any atom is -0.321 e. The molecule has 0 atom stereocenters. The molecule has 0 unspecified atom stereocenters. The maximum atomic E-state index is 13.2. The third kappa shape index (κ3) is 3.88. The van der Waals surface area contributed by atoms with Gasteiger partial charge in [0.1, 0.15) is 0 Å². The maximum absolute atomic E-state index is 13.2. The van der Waals surface area contributed by atoms with E-state index in [0.717, 1.165) is 35.0 Å². The summed E-state index contributed by atoms with van der Waals surface area (Å²) in [6.07, 6.45) is 0. The van der Waals surface area contributed by atoms with Crippen molar-refractivity contribution in [2.24, 2.45) is 0 Å². The van der Waals surface area contributed by atoms with Gasteiger partial charge in [0.25, 0.3) is 11.6 Å². The van der Waals surface area contributed by atoms with E-state index in [1.165, 1.54) is 18.2 Å². The zero-order chi connectivity index (χ0) is 22.0. The summed E-state index contributed by atoms with van der Waals surface area (Å²) in [6.45, 7) is 0. The number of amides is 1. The molecular formula is C23H16N2O5S. The van der Waals surface area contributed by atoms with Crippen molar-refractivity contribution in [1.29, 1.82) is 0 Å². The second-order valence-electron chi connectivity index (χ2n) is 6.73. The normalized spacial score (nSPS) is 11.2. The Bertz CT molecular complexity index is 1410. The molecule has 0 saturated carbocycles. The molecule has 0 aliphatic heterocycles. The van der Waals surface area contributed by atoms with Crippen LogP contribution in [0.25, 0.3) is 10.8 Å². The zero-order valence-corrected chi connectivity index (χ0v) is 16.9. The number of hydrogen-bond acceptors (Lipinski definition) is 5. The Morgan fingerprint density at radius 1 is 0.806 bits per heavy atom. The van der Waals surface area contributed by atoms with Gasteiger partial charge >= 0.3 is 0 Å². The van der Waals surface area contributed by atoms with Crippen LogP contribution in [0.2, 0.25) is 0 Å². The molecule has 0 spiro atoms. The molecule has 31 heavy (non-hydrogen) atoms. The average Bonchev–Trinajstić information content (AvgIpc) is 2.79. The standard InChI is InChI=1S/C23H16N2O5S/c26-23(24-21-10-5-7-16-6-1-2-8-19(16)21)20-9-3-4-11-22(20)31(29,30)18-14-12-17(13-15-18)25(27)28/h1-15H,(H,24,26). The van der Waals surface area contributed by atoms with E-state index in [2.05, 4.69) is 5.32 Å². The quantitative estimate of drug-likeness (QED) is 0.359. The summed E-state index contributed by atoms with van der Waals surface area (Å²) in [5.74, 6) is -0.572. The molecule has 0 radical (unpaired) electrons. The molecule has 0 aliphatic rings. The van der Waals surface area contributed by atoms with Crippen molar-refractivity contribution >= 4 is 37.9 Å². The van der Waals surface area contributed by atoms with E-state index in [9.17, 15) is 23.3 Å². The molecule has 1 N–H and O–H groups in total. The summed E-state index contributed by atoms with van der Waals surface area (Å²) in [5.41, 5.74) is 0.320. The Kier molecular flexibility index (Phi) is 5.22. The molecule has 0 fully saturated rings. The van der Waals surface area contributed by atoms with Gasteiger partial charge in [-0.05, 0) is 35.7 Å². The maximum Gasteiger partial charge on any atom is 0.269 e. The van der Waals surface area contributed by atoms with Gasteiger partial charge in [-0.25, -0.2) is 8.42 Å². The van der Waals surface area contributed by atoms with Crippen molar-refractivity contribution in [3.8, 4) is 0 Å². The summed E-state index contributed by atoms with van der Waals surface area (Å²) < 4.78 is 26.3. The molecule has 0 saturated heterocycles. The first-order chi connectivity index (χ1) is 14.9. The molecule has 0 bridgehead atoms. The van der Waals surface area contributed by atoms with Crippen LogP contribution in [0.5, 0.6) is 0 Å². The number of nitrogens with zero attached hydrogens (tertiary/aromatic N) is 1. The average molecular weight is 432 g/mol. The van der Waals surface area contributed by atoms with Crippen LogP contribution in [0.1, 0.15) is 10.4 Å². The van der Waals surface area contributed by atoms with E-state index in [1.807, 2.05) is 30.3 Å². The lowest BCUT2D eigenvalue weighted by Crippen LogP contribution is -2.16. The first kappa shape index (κ1) is 20.2. The number of benzene rings is 4. The van der Waals surface area contributed by atoms with Crippen LogP contribution in [0.15, 0.2) is 101 Å². The molecule has 0 heterocycles. The van der Waals surface area contributed by atoms with Crippen molar-refractivity contribution in [1.82, 2.24) is 0 Å². The number of nitrogens with one attached hydrogen (secondary N) is 1. The molecule has 4 rings (SSSR count). The summed E-state index contributed by atoms with van der Waals surface area (Å²) in [7, 11) is -4.08. The van der Waals surface area contributed by atoms with E-state index in [-0.39, 0.29) is 21.0 Å². The number of sulfone groups is 1. The highest BCUT2D eigenvalue weighted by atomic mass is 32.2. The van der Waals surface area contributed by atoms with Gasteiger partial charge in [-0.1, -0.05) is 48.5 Å². The monoisotopic (exact) mass is 432 g/mol. The van der Waals surface area contributed by atoms with Gasteiger partial charge in [0.05, 0.1) is 20.3 Å². The SMILES string of the molecule is O=C(Nc1cccc2ccccc12)c1ccccc1S(=O)(=O)c1ccc([N+](=O)[O-])cc1. The second-order valence-corrected chi connectivity index (χ2v) is 8.65. The first-order valence-electron chi connectivity index (χ1n) is 9.25. The van der Waals surface area contributed by atoms with Crippen LogP contribution < -0.4 is 5.32 Å². The lowest BCUT2D eigenvalue weighted by molar-refractivity contribution is -0.384. The second kappa shape index (κ2) is 8.00. The van der Waals surface area contributed by atoms with Gasteiger partial charge in [0.15, 0.2) is 0 Å². The van der Waals surface area contributed by atoms with Crippen molar-refractivity contribution in [2.75, 3.05) is 5.32 Å². The molecule has 4 aromatic carbocycles. The number of fused-ring (bicyclic) bond motifs is 1. The number of nitro benzene ring substituents is 1. The van der Waals surface area contributed by atoms with Gasteiger partial charge < -0.3 is 5.32 Å². The van der Waals surface area contributed by atoms with Gasteiger partial charge in [0, 0.05) is 23.2 Å². The van der Waals surface area contributed by atoms with E-state index >= 15 is 0 Å². The van der Waals surface area contributed by atoms with Gasteiger partial charge in [-0.2, -0.15) is 0 Å². The lowest BCUT2D eigenvalue weighted by Gasteiger charge is -2.12. The van der Waals surface area contributed by atoms with Crippen LogP contribution >= 0.6 is 0 Å². The number of nitro groups is 1. The highest BCUT2D eigenvalue weighted by Crippen LogP contribution is 2.28. The molecule has 1 amide bonds. The van der Waals surface area contributed by atoms with E-state index in [4.69, 9.17) is 0 Å². The first-order valence-corrected chi connectivity index (χ1v) is 10.7. The third-order valence-corrected chi connectivity index (χ3v) is 6.64. The number of rotatable bonds is 5. The molecule has 8 heteroatoms. The zero-order valence-electron chi connectivity index (χ0n) is 16.1. The van der Waals surface area contributed by atoms with Crippen molar-refractivity contribution < 1.29 is 18.1 Å². The Morgan fingerprint density at radius 2 is 1.45 bits per heavy atom. The fourth-order valence-electron chi connectivity index (χ4n) is 3.29. The number of hydrogen-bond donors (Lipinski definition) is 1. The van der Waals surface area contributed by atoms with Crippen LogP contribution in [0.4, 0.5) is 11.4 Å². The van der Waals surface area contributed by atoms with Gasteiger partial charge in [-0.15, -0.1) is 0 Å². The molecule has 0 aliphatic carbocycles. The Morgan fingerprint density at radius 3 is 2.19 bits per heavy atom. The third-order valence-electron chi connectivity index (χ3n) is 4.82. The van der Waals surface area contributed by atoms with Crippen molar-refractivity contribution in [3.05, 3.63) is 107 Å². The smallest absolute Gasteiger partial charge is 0.269 e. The Hall–Kier alpha value is -4.04. The lowest BCUT2D eigenvalue weighted by atomic mass is 10.1. The van der Waals surface area contributed by atoms with E-state index < -0.39 is 20.7 Å². The molecule has 4 aromatic rings. The van der Waals surface area contributed by atoms with Gasteiger partial charge in [0.2, 0.25) is 9.84 Å². The fourth-order valence-corrected chi connectivity index (χ4v) is 4.74. The molecule has 154 valence electrons. The Balaban J connectivity index is 1.72. The number of carbonyl (C=O) groups is 1. The van der Waals surface area contributed by atoms with Crippen LogP contribution in [0, 0.1) is 10.1 Å². The summed E-state index contributed by atoms with van der Waals surface area (Å²) in [5, 5.41) is 15.4. The molecule has 7 nitrogen and oxygen atoms in total. The topological polar surface area (TPSA) is 106 Å². The largest absolute Gasteiger partial charge is 0.321 e. The summed E-state index contributed by atoms with van der Waals surface area (Å²) in [6, 6.07) is 23.4. The minimum absolute atomic E-state index is 0.0196. The number of carbonyl (C=O) groups excluding carboxylic acids is 1. The number of non-ortho nitro benzene ring substituents is 1. The van der Waals surface area contributed by atoms with Crippen LogP contribution in [0.3, 0.4) is 0 Å². The van der Waals surface area contributed by atoms with Crippen molar-refractivity contribution in [2.45, 2.75) is 9.79 Å². The Labute approximate surface area is 178 Å². The van der Waals surface area contributed by atoms with Gasteiger partial charge in [-0.3, -0.25) is 14.9 Å². The highest BCUT2D eigenvalue weighted by Gasteiger charge is 2.25. The van der Waals surface area contributed by atoms with E-state index in [1.54, 1.807) is 18.2 Å². The van der Waals surface area contributed by atoms with E-state index in [0.29, 0.717) is 5.69 Å². The van der Waals surface area contributed by atoms with Crippen molar-refractivity contribution in [3.63, 3.8) is 0 Å². The highest BCUT2D eigenvalue weighted by molar-refractivity contribution is 7.91. The summed E-state index contributed by atoms with van der Waals surface area (Å²) in [4.78, 5) is 23.0. The number of anilines is 1. The minimum atomic E-state index is -4.08. The summed E-state index contributed by atoms with van der Waals surface area (Å²) >= 11 is 0. The van der Waals surface area contributed by atoms with Crippen LogP contribution in [-0.2, 0) is 9.84 Å². The predicted molar refractivity (Wildman–Crippen MR) is 117 cm³/mol. The fraction of sp³-hybridized carbons (Fsp3) is 0. The molecule has 0 aromatic heterocycles. The molecular weight excluding hydrogens is 416 g/mol. The van der Waals surface area contributed by atoms with Crippen LogP contribution in [-0.4, -0.2) is 19.2 Å².